The summed E-state index contributed by atoms with van der Waals surface area (Å²) in [4.78, 5) is 11.4. The van der Waals surface area contributed by atoms with Crippen LogP contribution in [0.25, 0.3) is 0 Å². The largest absolute Gasteiger partial charge is 0.465 e. The maximum atomic E-state index is 11.4. The average molecular weight is 233 g/mol. The van der Waals surface area contributed by atoms with E-state index < -0.39 is 5.97 Å². The van der Waals surface area contributed by atoms with Crippen LogP contribution in [0.4, 0.5) is 0 Å². The van der Waals surface area contributed by atoms with Crippen LogP contribution in [0, 0.1) is 6.92 Å². The number of rotatable bonds is 2. The van der Waals surface area contributed by atoms with Gasteiger partial charge in [0, 0.05) is 10.9 Å². The molecule has 0 spiro atoms. The molecule has 0 fully saturated rings. The lowest BCUT2D eigenvalue weighted by Crippen LogP contribution is -2.07. The van der Waals surface area contributed by atoms with Crippen molar-refractivity contribution in [3.05, 3.63) is 33.8 Å². The number of halogens is 2. The first-order valence-electron chi connectivity index (χ1n) is 4.04. The second-order valence-electron chi connectivity index (χ2n) is 2.83. The van der Waals surface area contributed by atoms with E-state index in [2.05, 4.69) is 4.74 Å². The fraction of sp³-hybridized carbons (Fsp3) is 0.300. The Morgan fingerprint density at radius 3 is 2.64 bits per heavy atom. The van der Waals surface area contributed by atoms with E-state index >= 15 is 0 Å². The van der Waals surface area contributed by atoms with E-state index in [1.54, 1.807) is 19.1 Å². The van der Waals surface area contributed by atoms with Gasteiger partial charge in [-0.1, -0.05) is 17.7 Å². The van der Waals surface area contributed by atoms with E-state index in [0.717, 1.165) is 5.56 Å². The lowest BCUT2D eigenvalue weighted by Gasteiger charge is -2.09. The SMILES string of the molecule is COC(=O)c1c(CCl)ccc(Cl)c1C. The van der Waals surface area contributed by atoms with Crippen molar-refractivity contribution in [3.8, 4) is 0 Å². The Balaban J connectivity index is 3.35. The van der Waals surface area contributed by atoms with Gasteiger partial charge in [-0.05, 0) is 24.1 Å². The van der Waals surface area contributed by atoms with Gasteiger partial charge >= 0.3 is 5.97 Å². The Hall–Kier alpha value is -0.730. The summed E-state index contributed by atoms with van der Waals surface area (Å²) in [6, 6.07) is 3.45. The first-order chi connectivity index (χ1) is 6.61. The molecule has 0 bridgehead atoms. The lowest BCUT2D eigenvalue weighted by atomic mass is 10.0. The number of carbonyl (C=O) groups excluding carboxylic acids is 1. The molecule has 0 amide bonds. The summed E-state index contributed by atoms with van der Waals surface area (Å²) in [5.41, 5.74) is 1.91. The fourth-order valence-electron chi connectivity index (χ4n) is 1.24. The van der Waals surface area contributed by atoms with Crippen molar-refractivity contribution >= 4 is 29.2 Å². The highest BCUT2D eigenvalue weighted by Crippen LogP contribution is 2.24. The second kappa shape index (κ2) is 4.67. The Bertz CT molecular complexity index is 361. The van der Waals surface area contributed by atoms with Gasteiger partial charge in [-0.3, -0.25) is 0 Å². The Labute approximate surface area is 92.8 Å². The van der Waals surface area contributed by atoms with E-state index in [4.69, 9.17) is 23.2 Å². The highest BCUT2D eigenvalue weighted by Gasteiger charge is 2.16. The van der Waals surface area contributed by atoms with Crippen molar-refractivity contribution in [2.24, 2.45) is 0 Å². The van der Waals surface area contributed by atoms with Crippen LogP contribution in [-0.4, -0.2) is 13.1 Å². The number of alkyl halides is 1. The molecule has 0 heterocycles. The van der Waals surface area contributed by atoms with Crippen LogP contribution in [0.15, 0.2) is 12.1 Å². The summed E-state index contributed by atoms with van der Waals surface area (Å²) in [7, 11) is 1.33. The Morgan fingerprint density at radius 2 is 2.14 bits per heavy atom. The van der Waals surface area contributed by atoms with Crippen LogP contribution in [0.1, 0.15) is 21.5 Å². The molecular formula is C10H10Cl2O2. The van der Waals surface area contributed by atoms with Gasteiger partial charge in [0.2, 0.25) is 0 Å². The average Bonchev–Trinajstić information content (AvgIpc) is 2.20. The maximum Gasteiger partial charge on any atom is 0.338 e. The smallest absolute Gasteiger partial charge is 0.338 e. The standard InChI is InChI=1S/C10H10Cl2O2/c1-6-8(12)4-3-7(5-11)9(6)10(13)14-2/h3-4H,5H2,1-2H3. The number of benzene rings is 1. The van der Waals surface area contributed by atoms with Gasteiger partial charge < -0.3 is 4.74 Å². The Morgan fingerprint density at radius 1 is 1.50 bits per heavy atom. The first-order valence-corrected chi connectivity index (χ1v) is 4.95. The molecule has 1 rings (SSSR count). The molecule has 2 nitrogen and oxygen atoms in total. The minimum Gasteiger partial charge on any atom is -0.465 e. The number of esters is 1. The van der Waals surface area contributed by atoms with Crippen molar-refractivity contribution in [3.63, 3.8) is 0 Å². The number of hydrogen-bond donors (Lipinski definition) is 0. The lowest BCUT2D eigenvalue weighted by molar-refractivity contribution is 0.0599. The Kier molecular flexibility index (Phi) is 3.78. The van der Waals surface area contributed by atoms with Crippen LogP contribution in [0.5, 0.6) is 0 Å². The van der Waals surface area contributed by atoms with E-state index in [1.807, 2.05) is 0 Å². The van der Waals surface area contributed by atoms with E-state index in [1.165, 1.54) is 7.11 Å². The summed E-state index contributed by atoms with van der Waals surface area (Å²) in [6.45, 7) is 1.77. The molecule has 0 N–H and O–H groups in total. The van der Waals surface area contributed by atoms with E-state index in [9.17, 15) is 4.79 Å². The zero-order valence-electron chi connectivity index (χ0n) is 7.93. The molecule has 0 aliphatic rings. The zero-order chi connectivity index (χ0) is 10.7. The summed E-state index contributed by atoms with van der Waals surface area (Å²) in [5, 5.41) is 0.541. The predicted molar refractivity (Wildman–Crippen MR) is 57.1 cm³/mol. The zero-order valence-corrected chi connectivity index (χ0v) is 9.45. The first kappa shape index (κ1) is 11.3. The summed E-state index contributed by atoms with van der Waals surface area (Å²) in [6.07, 6.45) is 0. The molecule has 1 aromatic carbocycles. The molecule has 4 heteroatoms. The van der Waals surface area contributed by atoms with Crippen LogP contribution in [0.2, 0.25) is 5.02 Å². The number of hydrogen-bond acceptors (Lipinski definition) is 2. The number of ether oxygens (including phenoxy) is 1. The number of carbonyl (C=O) groups is 1. The summed E-state index contributed by atoms with van der Waals surface area (Å²) >= 11 is 11.6. The molecule has 0 aromatic heterocycles. The molecular weight excluding hydrogens is 223 g/mol. The van der Waals surface area contributed by atoms with Gasteiger partial charge in [-0.2, -0.15) is 0 Å². The third-order valence-electron chi connectivity index (χ3n) is 2.02. The molecule has 14 heavy (non-hydrogen) atoms. The molecule has 0 saturated carbocycles. The van der Waals surface area contributed by atoms with Crippen molar-refractivity contribution in [2.45, 2.75) is 12.8 Å². The molecule has 0 saturated heterocycles. The molecule has 76 valence electrons. The monoisotopic (exact) mass is 232 g/mol. The van der Waals surface area contributed by atoms with Gasteiger partial charge in [0.1, 0.15) is 0 Å². The van der Waals surface area contributed by atoms with Gasteiger partial charge in [-0.25, -0.2) is 4.79 Å². The van der Waals surface area contributed by atoms with E-state index in [0.29, 0.717) is 16.1 Å². The van der Waals surface area contributed by atoms with Crippen molar-refractivity contribution in [2.75, 3.05) is 7.11 Å². The van der Waals surface area contributed by atoms with Crippen molar-refractivity contribution in [1.82, 2.24) is 0 Å². The summed E-state index contributed by atoms with van der Waals surface area (Å²) in [5.74, 6) is -0.136. The quantitative estimate of drug-likeness (QED) is 0.579. The third-order valence-corrected chi connectivity index (χ3v) is 2.72. The molecule has 0 atom stereocenters. The minimum atomic E-state index is -0.402. The van der Waals surface area contributed by atoms with Crippen LogP contribution in [0.3, 0.4) is 0 Å². The van der Waals surface area contributed by atoms with Crippen molar-refractivity contribution in [1.29, 1.82) is 0 Å². The topological polar surface area (TPSA) is 26.3 Å². The predicted octanol–water partition coefficient (Wildman–Crippen LogP) is 3.17. The van der Waals surface area contributed by atoms with Gasteiger partial charge in [-0.15, -0.1) is 11.6 Å². The van der Waals surface area contributed by atoms with Crippen LogP contribution >= 0.6 is 23.2 Å². The molecule has 0 aliphatic carbocycles. The fourth-order valence-corrected chi connectivity index (χ4v) is 1.62. The van der Waals surface area contributed by atoms with Crippen molar-refractivity contribution < 1.29 is 9.53 Å². The maximum absolute atomic E-state index is 11.4. The molecule has 0 radical (unpaired) electrons. The van der Waals surface area contributed by atoms with E-state index in [-0.39, 0.29) is 5.88 Å². The highest BCUT2D eigenvalue weighted by atomic mass is 35.5. The molecule has 1 aromatic rings. The van der Waals surface area contributed by atoms with Crippen LogP contribution in [-0.2, 0) is 10.6 Å². The second-order valence-corrected chi connectivity index (χ2v) is 3.51. The third kappa shape index (κ3) is 2.02. The normalized spacial score (nSPS) is 10.0. The van der Waals surface area contributed by atoms with Crippen LogP contribution < -0.4 is 0 Å². The number of methoxy groups -OCH3 is 1. The molecule has 0 unspecified atom stereocenters. The highest BCUT2D eigenvalue weighted by molar-refractivity contribution is 6.32. The minimum absolute atomic E-state index is 0.266. The molecule has 0 aliphatic heterocycles. The van der Waals surface area contributed by atoms with Gasteiger partial charge in [0.05, 0.1) is 12.7 Å². The van der Waals surface area contributed by atoms with Gasteiger partial charge in [0.25, 0.3) is 0 Å². The summed E-state index contributed by atoms with van der Waals surface area (Å²) < 4.78 is 4.66. The van der Waals surface area contributed by atoms with Gasteiger partial charge in [0.15, 0.2) is 0 Å².